The molecule has 31 heavy (non-hydrogen) atoms. The fraction of sp³-hybridized carbons (Fsp3) is 0.333. The standard InChI is InChI=1S/C21H19F3N4O3/c1-13(15-3-2-4-16(11-15)21(22,23)24)27(17-9-10-17)12-19-25-20(26-31-19)14-5-7-18(8-6-14)28(29)30/h2-8,11,13,17H,9-10,12H2,1H3. The van der Waals surface area contributed by atoms with Gasteiger partial charge in [-0.1, -0.05) is 17.3 Å². The monoisotopic (exact) mass is 432 g/mol. The van der Waals surface area contributed by atoms with Crippen molar-refractivity contribution >= 4 is 5.69 Å². The first-order valence-electron chi connectivity index (χ1n) is 9.72. The maximum atomic E-state index is 13.1. The molecule has 0 amide bonds. The highest BCUT2D eigenvalue weighted by molar-refractivity contribution is 5.56. The number of hydrogen-bond acceptors (Lipinski definition) is 6. The lowest BCUT2D eigenvalue weighted by molar-refractivity contribution is -0.384. The first-order chi connectivity index (χ1) is 14.7. The highest BCUT2D eigenvalue weighted by Gasteiger charge is 2.35. The van der Waals surface area contributed by atoms with Gasteiger partial charge in [0.25, 0.3) is 5.69 Å². The van der Waals surface area contributed by atoms with Crippen molar-refractivity contribution in [2.24, 2.45) is 0 Å². The first-order valence-corrected chi connectivity index (χ1v) is 9.72. The van der Waals surface area contributed by atoms with E-state index in [4.69, 9.17) is 4.52 Å². The van der Waals surface area contributed by atoms with E-state index < -0.39 is 16.7 Å². The van der Waals surface area contributed by atoms with Crippen LogP contribution in [0.1, 0.15) is 42.8 Å². The fourth-order valence-electron chi connectivity index (χ4n) is 3.48. The summed E-state index contributed by atoms with van der Waals surface area (Å²) in [5, 5.41) is 14.7. The average molecular weight is 432 g/mol. The molecule has 1 fully saturated rings. The van der Waals surface area contributed by atoms with Gasteiger partial charge in [-0.2, -0.15) is 18.2 Å². The van der Waals surface area contributed by atoms with E-state index in [1.54, 1.807) is 6.07 Å². The van der Waals surface area contributed by atoms with Crippen LogP contribution in [0.2, 0.25) is 0 Å². The Balaban J connectivity index is 1.52. The second-order valence-electron chi connectivity index (χ2n) is 7.52. The molecule has 0 saturated heterocycles. The van der Waals surface area contributed by atoms with Crippen LogP contribution in [0.4, 0.5) is 18.9 Å². The highest BCUT2D eigenvalue weighted by atomic mass is 19.4. The zero-order valence-electron chi connectivity index (χ0n) is 16.5. The number of hydrogen-bond donors (Lipinski definition) is 0. The summed E-state index contributed by atoms with van der Waals surface area (Å²) in [4.78, 5) is 16.7. The van der Waals surface area contributed by atoms with E-state index in [1.807, 2.05) is 6.92 Å². The molecule has 10 heteroatoms. The van der Waals surface area contributed by atoms with Crippen molar-refractivity contribution < 1.29 is 22.6 Å². The number of nitro benzene ring substituents is 1. The smallest absolute Gasteiger partial charge is 0.338 e. The molecule has 1 unspecified atom stereocenters. The molecule has 1 saturated carbocycles. The number of aromatic nitrogens is 2. The van der Waals surface area contributed by atoms with E-state index in [-0.39, 0.29) is 17.8 Å². The van der Waals surface area contributed by atoms with Crippen LogP contribution in [0.25, 0.3) is 11.4 Å². The van der Waals surface area contributed by atoms with Gasteiger partial charge >= 0.3 is 6.18 Å². The largest absolute Gasteiger partial charge is 0.416 e. The van der Waals surface area contributed by atoms with E-state index in [1.165, 1.54) is 36.4 Å². The van der Waals surface area contributed by atoms with Gasteiger partial charge in [0.1, 0.15) is 0 Å². The number of nitro groups is 1. The van der Waals surface area contributed by atoms with Crippen molar-refractivity contribution in [3.05, 3.63) is 75.7 Å². The van der Waals surface area contributed by atoms with Gasteiger partial charge in [-0.05, 0) is 49.6 Å². The summed E-state index contributed by atoms with van der Waals surface area (Å²) in [7, 11) is 0. The Labute approximate surface area is 175 Å². The van der Waals surface area contributed by atoms with Crippen molar-refractivity contribution in [1.29, 1.82) is 0 Å². The average Bonchev–Trinajstić information content (AvgIpc) is 3.48. The molecule has 0 aliphatic heterocycles. The predicted molar refractivity (Wildman–Crippen MR) is 105 cm³/mol. The summed E-state index contributed by atoms with van der Waals surface area (Å²) in [6, 6.07) is 11.1. The molecular weight excluding hydrogens is 413 g/mol. The quantitative estimate of drug-likeness (QED) is 0.368. The van der Waals surface area contributed by atoms with Crippen LogP contribution in [0.3, 0.4) is 0 Å². The van der Waals surface area contributed by atoms with Crippen LogP contribution >= 0.6 is 0 Å². The summed E-state index contributed by atoms with van der Waals surface area (Å²) in [6.45, 7) is 2.16. The number of nitrogens with zero attached hydrogens (tertiary/aromatic N) is 4. The molecule has 4 rings (SSSR count). The van der Waals surface area contributed by atoms with Crippen LogP contribution in [0, 0.1) is 10.1 Å². The van der Waals surface area contributed by atoms with E-state index in [9.17, 15) is 23.3 Å². The van der Waals surface area contributed by atoms with Gasteiger partial charge < -0.3 is 4.52 Å². The molecule has 162 valence electrons. The van der Waals surface area contributed by atoms with Gasteiger partial charge in [-0.3, -0.25) is 15.0 Å². The molecule has 1 aromatic heterocycles. The fourth-order valence-corrected chi connectivity index (χ4v) is 3.48. The molecule has 1 aliphatic carbocycles. The predicted octanol–water partition coefficient (Wildman–Crippen LogP) is 5.39. The summed E-state index contributed by atoms with van der Waals surface area (Å²) in [6.07, 6.45) is -2.49. The molecule has 7 nitrogen and oxygen atoms in total. The Morgan fingerprint density at radius 3 is 2.55 bits per heavy atom. The van der Waals surface area contributed by atoms with Crippen LogP contribution in [0.5, 0.6) is 0 Å². The van der Waals surface area contributed by atoms with Crippen molar-refractivity contribution in [3.8, 4) is 11.4 Å². The Morgan fingerprint density at radius 2 is 1.94 bits per heavy atom. The minimum Gasteiger partial charge on any atom is -0.338 e. The third kappa shape index (κ3) is 4.74. The van der Waals surface area contributed by atoms with Crippen LogP contribution in [0.15, 0.2) is 53.1 Å². The SMILES string of the molecule is CC(c1cccc(C(F)(F)F)c1)N(Cc1nc(-c2ccc([N+](=O)[O-])cc2)no1)C1CC1. The Morgan fingerprint density at radius 1 is 1.23 bits per heavy atom. The summed E-state index contributed by atoms with van der Waals surface area (Å²) in [5.41, 5.74) is 0.425. The Kier molecular flexibility index (Phi) is 5.48. The zero-order valence-corrected chi connectivity index (χ0v) is 16.5. The highest BCUT2D eigenvalue weighted by Crippen LogP contribution is 2.37. The maximum Gasteiger partial charge on any atom is 0.416 e. The Bertz CT molecular complexity index is 1080. The van der Waals surface area contributed by atoms with Crippen molar-refractivity contribution in [2.45, 2.75) is 44.6 Å². The molecule has 2 aromatic carbocycles. The summed E-state index contributed by atoms with van der Waals surface area (Å²) in [5.74, 6) is 0.631. The summed E-state index contributed by atoms with van der Waals surface area (Å²) >= 11 is 0. The van der Waals surface area contributed by atoms with Gasteiger partial charge in [-0.15, -0.1) is 0 Å². The van der Waals surface area contributed by atoms with Crippen LogP contribution in [-0.4, -0.2) is 26.0 Å². The van der Waals surface area contributed by atoms with Crippen molar-refractivity contribution in [1.82, 2.24) is 15.0 Å². The Hall–Kier alpha value is -3.27. The van der Waals surface area contributed by atoms with E-state index in [2.05, 4.69) is 15.0 Å². The topological polar surface area (TPSA) is 85.3 Å². The molecule has 1 atom stereocenters. The van der Waals surface area contributed by atoms with Crippen LogP contribution < -0.4 is 0 Å². The summed E-state index contributed by atoms with van der Waals surface area (Å²) < 4.78 is 44.6. The molecule has 0 bridgehead atoms. The minimum absolute atomic E-state index is 0.0395. The second kappa shape index (κ2) is 8.10. The van der Waals surface area contributed by atoms with Crippen molar-refractivity contribution in [2.75, 3.05) is 0 Å². The first kappa shape index (κ1) is 21.0. The molecule has 0 N–H and O–H groups in total. The molecule has 3 aromatic rings. The lowest BCUT2D eigenvalue weighted by Gasteiger charge is -2.28. The number of alkyl halides is 3. The number of rotatable bonds is 7. The molecule has 0 spiro atoms. The molecule has 1 aliphatic rings. The van der Waals surface area contributed by atoms with E-state index in [0.29, 0.717) is 29.4 Å². The van der Waals surface area contributed by atoms with E-state index in [0.717, 1.165) is 18.9 Å². The third-order valence-corrected chi connectivity index (χ3v) is 5.33. The molecule has 1 heterocycles. The normalized spacial score (nSPS) is 15.3. The maximum absolute atomic E-state index is 13.1. The minimum atomic E-state index is -4.40. The number of benzene rings is 2. The van der Waals surface area contributed by atoms with Gasteiger partial charge in [0.2, 0.25) is 11.7 Å². The zero-order chi connectivity index (χ0) is 22.2. The van der Waals surface area contributed by atoms with Crippen molar-refractivity contribution in [3.63, 3.8) is 0 Å². The third-order valence-electron chi connectivity index (χ3n) is 5.33. The lowest BCUT2D eigenvalue weighted by atomic mass is 10.0. The molecule has 0 radical (unpaired) electrons. The lowest BCUT2D eigenvalue weighted by Crippen LogP contribution is -2.29. The second-order valence-corrected chi connectivity index (χ2v) is 7.52. The van der Waals surface area contributed by atoms with Gasteiger partial charge in [-0.25, -0.2) is 0 Å². The van der Waals surface area contributed by atoms with Gasteiger partial charge in [0, 0.05) is 29.8 Å². The number of non-ortho nitro benzene ring substituents is 1. The van der Waals surface area contributed by atoms with Gasteiger partial charge in [0.15, 0.2) is 0 Å². The van der Waals surface area contributed by atoms with Gasteiger partial charge in [0.05, 0.1) is 17.0 Å². The number of halogens is 3. The van der Waals surface area contributed by atoms with Crippen LogP contribution in [-0.2, 0) is 12.7 Å². The van der Waals surface area contributed by atoms with E-state index >= 15 is 0 Å². The molecular formula is C21H19F3N4O3.